The zero-order valence-corrected chi connectivity index (χ0v) is 19.0. The van der Waals surface area contributed by atoms with E-state index in [0.717, 1.165) is 48.6 Å². The topological polar surface area (TPSA) is 32.8 Å². The zero-order valence-electron chi connectivity index (χ0n) is 18.2. The van der Waals surface area contributed by atoms with Crippen molar-refractivity contribution in [2.24, 2.45) is 0 Å². The lowest BCUT2D eigenvalue weighted by Gasteiger charge is -2.31. The van der Waals surface area contributed by atoms with E-state index in [1.165, 1.54) is 11.1 Å². The van der Waals surface area contributed by atoms with Gasteiger partial charge in [-0.15, -0.1) is 18.8 Å². The average molecular weight is 437 g/mol. The molecule has 0 N–H and O–H groups in total. The summed E-state index contributed by atoms with van der Waals surface area (Å²) in [5.41, 5.74) is 5.57. The Morgan fingerprint density at radius 2 is 1.74 bits per heavy atom. The number of hydrogen-bond donors (Lipinski definition) is 0. The number of rotatable bonds is 4. The molecule has 0 spiro atoms. The molecule has 0 radical (unpaired) electrons. The Hall–Kier alpha value is -2.74. The van der Waals surface area contributed by atoms with Crippen molar-refractivity contribution in [1.82, 2.24) is 9.80 Å². The van der Waals surface area contributed by atoms with Crippen LogP contribution in [0.4, 0.5) is 0 Å². The third-order valence-electron chi connectivity index (χ3n) is 6.05. The Balaban J connectivity index is 0.00000272. The minimum atomic E-state index is 0. The standard InChI is InChI=1S/C26H28N2O2.ClH/c1-4-15-27-16-13-19(14-17-27)25-21-9-7-8-10-23(21)30-24-18-20(11-12-22(24)25)26(29)28(5-2)6-3;/h1,7-12,18H,5-6,13-17H2,2-3H3;1H. The van der Waals surface area contributed by atoms with E-state index in [0.29, 0.717) is 25.2 Å². The summed E-state index contributed by atoms with van der Waals surface area (Å²) in [7, 11) is 0. The first kappa shape index (κ1) is 22.9. The number of hydrogen-bond acceptors (Lipinski definition) is 3. The van der Waals surface area contributed by atoms with E-state index in [-0.39, 0.29) is 18.3 Å². The van der Waals surface area contributed by atoms with E-state index in [2.05, 4.69) is 29.0 Å². The van der Waals surface area contributed by atoms with Crippen LogP contribution in [0.2, 0.25) is 0 Å². The predicted molar refractivity (Wildman–Crippen MR) is 128 cm³/mol. The van der Waals surface area contributed by atoms with Crippen LogP contribution in [0, 0.1) is 12.3 Å². The second kappa shape index (κ2) is 10.0. The molecule has 0 saturated carbocycles. The van der Waals surface area contributed by atoms with Gasteiger partial charge in [-0.2, -0.15) is 0 Å². The maximum atomic E-state index is 12.9. The molecule has 4 nitrogen and oxygen atoms in total. The summed E-state index contributed by atoms with van der Waals surface area (Å²) in [6.45, 7) is 8.04. The number of likely N-dealkylation sites (tertiary alicyclic amines) is 1. The Bertz CT molecular complexity index is 1020. The van der Waals surface area contributed by atoms with Crippen molar-refractivity contribution in [2.45, 2.75) is 26.7 Å². The van der Waals surface area contributed by atoms with Crippen molar-refractivity contribution in [3.8, 4) is 23.8 Å². The maximum Gasteiger partial charge on any atom is 0.253 e. The number of fused-ring (bicyclic) bond motifs is 2. The molecule has 4 rings (SSSR count). The number of ether oxygens (including phenoxy) is 1. The first-order chi connectivity index (χ1) is 14.7. The normalized spacial score (nSPS) is 15.1. The third-order valence-corrected chi connectivity index (χ3v) is 6.05. The lowest BCUT2D eigenvalue weighted by atomic mass is 9.85. The molecule has 1 amide bonds. The quantitative estimate of drug-likeness (QED) is 0.525. The summed E-state index contributed by atoms with van der Waals surface area (Å²) in [6.07, 6.45) is 7.47. The van der Waals surface area contributed by atoms with Crippen LogP contribution in [-0.2, 0) is 0 Å². The molecular weight excluding hydrogens is 408 g/mol. The van der Waals surface area contributed by atoms with E-state index in [1.807, 2.05) is 43.0 Å². The highest BCUT2D eigenvalue weighted by Gasteiger charge is 2.27. The first-order valence-corrected chi connectivity index (χ1v) is 10.7. The van der Waals surface area contributed by atoms with Crippen LogP contribution < -0.4 is 4.74 Å². The molecule has 2 aliphatic rings. The fourth-order valence-corrected chi connectivity index (χ4v) is 4.41. The third kappa shape index (κ3) is 4.49. The zero-order chi connectivity index (χ0) is 21.1. The number of benzene rings is 2. The second-order valence-corrected chi connectivity index (χ2v) is 7.75. The van der Waals surface area contributed by atoms with Gasteiger partial charge in [0, 0.05) is 42.9 Å². The van der Waals surface area contributed by atoms with Gasteiger partial charge < -0.3 is 9.64 Å². The summed E-state index contributed by atoms with van der Waals surface area (Å²) < 4.78 is 6.25. The van der Waals surface area contributed by atoms with Crippen LogP contribution in [0.3, 0.4) is 0 Å². The average Bonchev–Trinajstić information content (AvgIpc) is 2.78. The summed E-state index contributed by atoms with van der Waals surface area (Å²) in [4.78, 5) is 17.0. The molecule has 0 bridgehead atoms. The molecule has 2 heterocycles. The highest BCUT2D eigenvalue weighted by molar-refractivity contribution is 5.97. The van der Waals surface area contributed by atoms with Gasteiger partial charge in [-0.05, 0) is 56.5 Å². The van der Waals surface area contributed by atoms with Gasteiger partial charge in [0.1, 0.15) is 11.5 Å². The maximum absolute atomic E-state index is 12.9. The van der Waals surface area contributed by atoms with Gasteiger partial charge >= 0.3 is 0 Å². The lowest BCUT2D eigenvalue weighted by Crippen LogP contribution is -2.31. The SMILES string of the molecule is C#CCN1CCC(=C2c3ccccc3Oc3cc(C(=O)N(CC)CC)ccc32)CC1.Cl. The van der Waals surface area contributed by atoms with Crippen molar-refractivity contribution in [3.63, 3.8) is 0 Å². The van der Waals surface area contributed by atoms with E-state index in [4.69, 9.17) is 11.2 Å². The van der Waals surface area contributed by atoms with Gasteiger partial charge in [0.2, 0.25) is 0 Å². The van der Waals surface area contributed by atoms with Crippen molar-refractivity contribution in [2.75, 3.05) is 32.7 Å². The van der Waals surface area contributed by atoms with Crippen LogP contribution in [0.1, 0.15) is 48.2 Å². The van der Waals surface area contributed by atoms with Crippen LogP contribution in [0.25, 0.3) is 5.57 Å². The molecule has 162 valence electrons. The van der Waals surface area contributed by atoms with Gasteiger partial charge in [0.05, 0.1) is 6.54 Å². The second-order valence-electron chi connectivity index (χ2n) is 7.75. The van der Waals surface area contributed by atoms with E-state index in [9.17, 15) is 4.79 Å². The van der Waals surface area contributed by atoms with Crippen LogP contribution in [0.15, 0.2) is 48.0 Å². The molecule has 31 heavy (non-hydrogen) atoms. The molecular formula is C26H29ClN2O2. The first-order valence-electron chi connectivity index (χ1n) is 10.7. The molecule has 5 heteroatoms. The smallest absolute Gasteiger partial charge is 0.253 e. The van der Waals surface area contributed by atoms with E-state index < -0.39 is 0 Å². The molecule has 2 aromatic rings. The van der Waals surface area contributed by atoms with Crippen molar-refractivity contribution in [1.29, 1.82) is 0 Å². The summed E-state index contributed by atoms with van der Waals surface area (Å²) in [5, 5.41) is 0. The van der Waals surface area contributed by atoms with Crippen LogP contribution >= 0.6 is 12.4 Å². The number of terminal acetylenes is 1. The van der Waals surface area contributed by atoms with Crippen molar-refractivity contribution >= 4 is 23.9 Å². The van der Waals surface area contributed by atoms with E-state index in [1.54, 1.807) is 0 Å². The number of carbonyl (C=O) groups excluding carboxylic acids is 1. The lowest BCUT2D eigenvalue weighted by molar-refractivity contribution is 0.0772. The Labute approximate surface area is 191 Å². The molecule has 2 aromatic carbocycles. The highest BCUT2D eigenvalue weighted by Crippen LogP contribution is 2.46. The fraction of sp³-hybridized carbons (Fsp3) is 0.346. The fourth-order valence-electron chi connectivity index (χ4n) is 4.41. The minimum absolute atomic E-state index is 0. The number of nitrogens with zero attached hydrogens (tertiary/aromatic N) is 2. The Morgan fingerprint density at radius 1 is 1.06 bits per heavy atom. The van der Waals surface area contributed by atoms with Gasteiger partial charge in [-0.1, -0.05) is 29.7 Å². The molecule has 0 unspecified atom stereocenters. The summed E-state index contributed by atoms with van der Waals surface area (Å²) in [6, 6.07) is 14.1. The van der Waals surface area contributed by atoms with Crippen molar-refractivity contribution in [3.05, 3.63) is 64.7 Å². The largest absolute Gasteiger partial charge is 0.456 e. The van der Waals surface area contributed by atoms with Crippen molar-refractivity contribution < 1.29 is 9.53 Å². The van der Waals surface area contributed by atoms with Gasteiger partial charge in [-0.25, -0.2) is 0 Å². The number of piperidine rings is 1. The molecule has 1 saturated heterocycles. The predicted octanol–water partition coefficient (Wildman–Crippen LogP) is 5.23. The summed E-state index contributed by atoms with van der Waals surface area (Å²) >= 11 is 0. The number of amides is 1. The van der Waals surface area contributed by atoms with Gasteiger partial charge in [-0.3, -0.25) is 9.69 Å². The number of para-hydroxylation sites is 1. The monoisotopic (exact) mass is 436 g/mol. The highest BCUT2D eigenvalue weighted by atomic mass is 35.5. The Morgan fingerprint density at radius 3 is 2.42 bits per heavy atom. The van der Waals surface area contributed by atoms with Crippen LogP contribution in [-0.4, -0.2) is 48.4 Å². The van der Waals surface area contributed by atoms with Gasteiger partial charge in [0.25, 0.3) is 5.91 Å². The van der Waals surface area contributed by atoms with Gasteiger partial charge in [0.15, 0.2) is 0 Å². The number of halogens is 1. The molecule has 0 aliphatic carbocycles. The molecule has 2 aliphatic heterocycles. The van der Waals surface area contributed by atoms with E-state index >= 15 is 0 Å². The molecule has 0 aromatic heterocycles. The Kier molecular flexibility index (Phi) is 7.43. The van der Waals surface area contributed by atoms with Crippen LogP contribution in [0.5, 0.6) is 11.5 Å². The molecule has 1 fully saturated rings. The summed E-state index contributed by atoms with van der Waals surface area (Å²) in [5.74, 6) is 4.41. The minimum Gasteiger partial charge on any atom is -0.456 e. The number of carbonyl (C=O) groups is 1. The molecule has 0 atom stereocenters.